The second-order valence-electron chi connectivity index (χ2n) is 7.89. The van der Waals surface area contributed by atoms with Gasteiger partial charge in [0.05, 0.1) is 12.2 Å². The van der Waals surface area contributed by atoms with Gasteiger partial charge in [-0.2, -0.15) is 8.78 Å². The van der Waals surface area contributed by atoms with Crippen molar-refractivity contribution in [1.29, 1.82) is 0 Å². The molecule has 0 N–H and O–H groups in total. The smallest absolute Gasteiger partial charge is 0.406 e. The van der Waals surface area contributed by atoms with Gasteiger partial charge >= 0.3 is 12.5 Å². The van der Waals surface area contributed by atoms with E-state index in [1.807, 2.05) is 0 Å². The summed E-state index contributed by atoms with van der Waals surface area (Å²) < 4.78 is 73.8. The molecule has 0 spiro atoms. The fraction of sp³-hybridized carbons (Fsp3) is 0.478. The van der Waals surface area contributed by atoms with Crippen LogP contribution in [0.15, 0.2) is 48.5 Å². The van der Waals surface area contributed by atoms with E-state index in [1.165, 1.54) is 24.3 Å². The van der Waals surface area contributed by atoms with Gasteiger partial charge in [-0.25, -0.2) is 0 Å². The lowest BCUT2D eigenvalue weighted by Gasteiger charge is -2.27. The van der Waals surface area contributed by atoms with E-state index >= 15 is 0 Å². The van der Waals surface area contributed by atoms with Crippen LogP contribution in [0.5, 0.6) is 5.75 Å². The van der Waals surface area contributed by atoms with E-state index in [0.717, 1.165) is 49.3 Å². The van der Waals surface area contributed by atoms with Crippen LogP contribution in [0.3, 0.4) is 0 Å². The Labute approximate surface area is 173 Å². The molecule has 0 aliphatic heterocycles. The Bertz CT molecular complexity index is 792. The maximum Gasteiger partial charge on any atom is 0.573 e. The van der Waals surface area contributed by atoms with Crippen molar-refractivity contribution in [3.8, 4) is 5.75 Å². The van der Waals surface area contributed by atoms with Crippen LogP contribution in [0.4, 0.5) is 22.0 Å². The van der Waals surface area contributed by atoms with E-state index in [4.69, 9.17) is 4.74 Å². The largest absolute Gasteiger partial charge is 0.573 e. The van der Waals surface area contributed by atoms with Gasteiger partial charge in [-0.3, -0.25) is 0 Å². The van der Waals surface area contributed by atoms with Gasteiger partial charge in [-0.05, 0) is 54.4 Å². The minimum absolute atomic E-state index is 0.139. The molecule has 0 heterocycles. The number of hydrogen-bond acceptors (Lipinski definition) is 2. The molecule has 3 rings (SSSR count). The zero-order valence-electron chi connectivity index (χ0n) is 16.7. The van der Waals surface area contributed by atoms with Crippen molar-refractivity contribution >= 4 is 0 Å². The summed E-state index contributed by atoms with van der Waals surface area (Å²) in [4.78, 5) is 0. The average molecular weight is 428 g/mol. The number of halogens is 5. The van der Waals surface area contributed by atoms with Gasteiger partial charge in [0, 0.05) is 0 Å². The number of hydrogen-bond donors (Lipinski definition) is 0. The first kappa shape index (κ1) is 22.5. The predicted octanol–water partition coefficient (Wildman–Crippen LogP) is 7.19. The second-order valence-corrected chi connectivity index (χ2v) is 7.89. The lowest BCUT2D eigenvalue weighted by Crippen LogP contribution is -2.20. The normalized spacial score (nSPS) is 20.2. The third-order valence-corrected chi connectivity index (χ3v) is 5.57. The van der Waals surface area contributed by atoms with Crippen LogP contribution in [-0.4, -0.2) is 13.0 Å². The van der Waals surface area contributed by atoms with Gasteiger partial charge in [-0.15, -0.1) is 13.2 Å². The Hall–Kier alpha value is -2.15. The number of rotatable bonds is 7. The molecular formula is C23H25F5O2. The topological polar surface area (TPSA) is 18.5 Å². The first-order valence-electron chi connectivity index (χ1n) is 10.1. The van der Waals surface area contributed by atoms with E-state index < -0.39 is 12.5 Å². The van der Waals surface area contributed by atoms with Gasteiger partial charge in [0.25, 0.3) is 0 Å². The fourth-order valence-corrected chi connectivity index (χ4v) is 3.78. The van der Waals surface area contributed by atoms with E-state index in [0.29, 0.717) is 11.5 Å². The minimum atomic E-state index is -4.77. The quantitative estimate of drug-likeness (QED) is 0.435. The highest BCUT2D eigenvalue weighted by molar-refractivity contribution is 5.28. The summed E-state index contributed by atoms with van der Waals surface area (Å²) in [7, 11) is 0. The Kier molecular flexibility index (Phi) is 7.01. The minimum Gasteiger partial charge on any atom is -0.406 e. The monoisotopic (exact) mass is 428 g/mol. The van der Waals surface area contributed by atoms with Gasteiger partial charge < -0.3 is 9.47 Å². The summed E-state index contributed by atoms with van der Waals surface area (Å²) in [5.41, 5.74) is 1.45. The Morgan fingerprint density at radius 1 is 0.833 bits per heavy atom. The van der Waals surface area contributed by atoms with Crippen LogP contribution in [0.2, 0.25) is 0 Å². The Morgan fingerprint density at radius 2 is 1.43 bits per heavy atom. The van der Waals surface area contributed by atoms with Crippen molar-refractivity contribution in [2.75, 3.05) is 6.61 Å². The molecule has 164 valence electrons. The molecule has 2 aromatic rings. The summed E-state index contributed by atoms with van der Waals surface area (Å²) in [5.74, 6) is 0.797. The van der Waals surface area contributed by atoms with Crippen LogP contribution in [0, 0.1) is 5.92 Å². The van der Waals surface area contributed by atoms with E-state index in [-0.39, 0.29) is 24.3 Å². The van der Waals surface area contributed by atoms with Crippen molar-refractivity contribution in [2.24, 2.45) is 5.92 Å². The first-order valence-corrected chi connectivity index (χ1v) is 10.1. The SMILES string of the molecule is C[C@H]1CC[C@H](c2ccc(C(F)(F)OCCc3ccc(OC(F)(F)F)cc3)cc2)CC1. The molecule has 0 radical (unpaired) electrons. The summed E-state index contributed by atoms with van der Waals surface area (Å²) in [6.45, 7) is 1.97. The van der Waals surface area contributed by atoms with Crippen LogP contribution < -0.4 is 4.74 Å². The second kappa shape index (κ2) is 9.33. The van der Waals surface area contributed by atoms with Crippen LogP contribution >= 0.6 is 0 Å². The predicted molar refractivity (Wildman–Crippen MR) is 103 cm³/mol. The molecule has 0 saturated heterocycles. The first-order chi connectivity index (χ1) is 14.1. The van der Waals surface area contributed by atoms with E-state index in [2.05, 4.69) is 11.7 Å². The summed E-state index contributed by atoms with van der Waals surface area (Å²) in [6, 6.07) is 11.4. The lowest BCUT2D eigenvalue weighted by molar-refractivity contribution is -0.274. The van der Waals surface area contributed by atoms with Crippen molar-refractivity contribution in [1.82, 2.24) is 0 Å². The molecule has 0 aromatic heterocycles. The highest BCUT2D eigenvalue weighted by Gasteiger charge is 2.33. The highest BCUT2D eigenvalue weighted by Crippen LogP contribution is 2.37. The van der Waals surface area contributed by atoms with E-state index in [9.17, 15) is 22.0 Å². The maximum absolute atomic E-state index is 14.4. The molecule has 2 nitrogen and oxygen atoms in total. The van der Waals surface area contributed by atoms with Gasteiger partial charge in [0.2, 0.25) is 0 Å². The molecule has 0 amide bonds. The fourth-order valence-electron chi connectivity index (χ4n) is 3.78. The third kappa shape index (κ3) is 6.42. The zero-order chi connectivity index (χ0) is 21.8. The standard InChI is InChI=1S/C23H25F5O2/c1-16-2-6-18(7-3-16)19-8-10-20(11-9-19)22(24,25)29-15-14-17-4-12-21(13-5-17)30-23(26,27)28/h4-5,8-13,16,18H,2-3,6-7,14-15H2,1H3/t16-,18-. The van der Waals surface area contributed by atoms with Gasteiger partial charge in [-0.1, -0.05) is 56.2 Å². The van der Waals surface area contributed by atoms with Crippen molar-refractivity contribution in [3.63, 3.8) is 0 Å². The number of benzene rings is 2. The average Bonchev–Trinajstić information content (AvgIpc) is 2.69. The van der Waals surface area contributed by atoms with E-state index in [1.54, 1.807) is 12.1 Å². The molecule has 30 heavy (non-hydrogen) atoms. The molecule has 1 aliphatic rings. The maximum atomic E-state index is 14.4. The molecule has 0 bridgehead atoms. The third-order valence-electron chi connectivity index (χ3n) is 5.57. The summed E-state index contributed by atoms with van der Waals surface area (Å²) in [6.07, 6.45) is -3.57. The molecule has 1 saturated carbocycles. The molecule has 1 aliphatic carbocycles. The number of alkyl halides is 5. The molecule has 0 atom stereocenters. The van der Waals surface area contributed by atoms with Crippen molar-refractivity contribution in [2.45, 2.75) is 57.4 Å². The molecule has 7 heteroatoms. The van der Waals surface area contributed by atoms with Crippen molar-refractivity contribution in [3.05, 3.63) is 65.2 Å². The molecular weight excluding hydrogens is 403 g/mol. The van der Waals surface area contributed by atoms with Crippen LogP contribution in [-0.2, 0) is 17.3 Å². The highest BCUT2D eigenvalue weighted by atomic mass is 19.4. The zero-order valence-corrected chi connectivity index (χ0v) is 16.7. The molecule has 1 fully saturated rings. The van der Waals surface area contributed by atoms with Crippen LogP contribution in [0.25, 0.3) is 0 Å². The summed E-state index contributed by atoms with van der Waals surface area (Å²) >= 11 is 0. The van der Waals surface area contributed by atoms with Gasteiger partial charge in [0.1, 0.15) is 5.75 Å². The molecule has 0 unspecified atom stereocenters. The van der Waals surface area contributed by atoms with Crippen molar-refractivity contribution < 1.29 is 31.4 Å². The lowest BCUT2D eigenvalue weighted by atomic mass is 9.79. The number of ether oxygens (including phenoxy) is 2. The Morgan fingerprint density at radius 3 is 2.00 bits per heavy atom. The molecule has 2 aromatic carbocycles. The van der Waals surface area contributed by atoms with Crippen LogP contribution in [0.1, 0.15) is 55.2 Å². The summed E-state index contributed by atoms with van der Waals surface area (Å²) in [5, 5.41) is 0. The van der Waals surface area contributed by atoms with Gasteiger partial charge in [0.15, 0.2) is 0 Å². The Balaban J connectivity index is 1.51.